The minimum Gasteiger partial charge on any atom is -0.380 e. The molecule has 178 valence electrons. The number of halogens is 3. The second kappa shape index (κ2) is 9.21. The molecule has 33 heavy (non-hydrogen) atoms. The lowest BCUT2D eigenvalue weighted by molar-refractivity contribution is -0.264. The first-order valence-corrected chi connectivity index (χ1v) is 11.4. The molecule has 1 aliphatic carbocycles. The molecule has 2 heterocycles. The first-order valence-electron chi connectivity index (χ1n) is 11.4. The SMILES string of the molecule is CCC(O)(CCC1CCC(NC(=O)c2cc(-n3ccnc3)cc3cc[nH]c23)CC1)C(F)(F)F. The van der Waals surface area contributed by atoms with E-state index in [-0.39, 0.29) is 30.7 Å². The van der Waals surface area contributed by atoms with Gasteiger partial charge in [-0.1, -0.05) is 6.92 Å². The van der Waals surface area contributed by atoms with Gasteiger partial charge in [-0.2, -0.15) is 13.2 Å². The number of aromatic amines is 1. The average Bonchev–Trinajstić information content (AvgIpc) is 3.48. The smallest absolute Gasteiger partial charge is 0.380 e. The van der Waals surface area contributed by atoms with Crippen LogP contribution < -0.4 is 5.32 Å². The zero-order valence-electron chi connectivity index (χ0n) is 18.5. The molecule has 1 saturated carbocycles. The van der Waals surface area contributed by atoms with Gasteiger partial charge in [-0.15, -0.1) is 0 Å². The molecule has 1 atom stereocenters. The highest BCUT2D eigenvalue weighted by Crippen LogP contribution is 2.39. The molecular formula is C24H29F3N4O2. The third-order valence-corrected chi connectivity index (χ3v) is 6.95. The molecule has 2 aromatic heterocycles. The number of aromatic nitrogens is 3. The highest BCUT2D eigenvalue weighted by atomic mass is 19.4. The van der Waals surface area contributed by atoms with E-state index in [2.05, 4.69) is 15.3 Å². The van der Waals surface area contributed by atoms with Gasteiger partial charge in [0.25, 0.3) is 5.91 Å². The lowest BCUT2D eigenvalue weighted by Crippen LogP contribution is -2.45. The second-order valence-electron chi connectivity index (χ2n) is 9.02. The van der Waals surface area contributed by atoms with E-state index in [4.69, 9.17) is 0 Å². The predicted octanol–water partition coefficient (Wildman–Crippen LogP) is 5.13. The molecular weight excluding hydrogens is 433 g/mol. The van der Waals surface area contributed by atoms with Gasteiger partial charge in [0.2, 0.25) is 0 Å². The Labute approximate surface area is 190 Å². The Morgan fingerprint density at radius 2 is 2.03 bits per heavy atom. The fourth-order valence-electron chi connectivity index (χ4n) is 4.72. The highest BCUT2D eigenvalue weighted by molar-refractivity contribution is 6.06. The number of hydrogen-bond acceptors (Lipinski definition) is 3. The second-order valence-corrected chi connectivity index (χ2v) is 9.02. The van der Waals surface area contributed by atoms with Gasteiger partial charge in [0.05, 0.1) is 17.4 Å². The zero-order valence-corrected chi connectivity index (χ0v) is 18.5. The molecule has 1 unspecified atom stereocenters. The molecule has 0 spiro atoms. The van der Waals surface area contributed by atoms with Gasteiger partial charge < -0.3 is 20.0 Å². The van der Waals surface area contributed by atoms with Crippen molar-refractivity contribution in [1.82, 2.24) is 19.9 Å². The van der Waals surface area contributed by atoms with Crippen molar-refractivity contribution < 1.29 is 23.1 Å². The molecule has 9 heteroatoms. The van der Waals surface area contributed by atoms with E-state index in [1.165, 1.54) is 6.92 Å². The summed E-state index contributed by atoms with van der Waals surface area (Å²) in [5.74, 6) is -0.0523. The van der Waals surface area contributed by atoms with Crippen LogP contribution in [0.1, 0.15) is 62.2 Å². The van der Waals surface area contributed by atoms with E-state index in [1.807, 2.05) is 29.0 Å². The number of hydrogen-bond donors (Lipinski definition) is 3. The minimum atomic E-state index is -4.61. The van der Waals surface area contributed by atoms with Crippen molar-refractivity contribution in [2.24, 2.45) is 5.92 Å². The van der Waals surface area contributed by atoms with Gasteiger partial charge in [-0.25, -0.2) is 4.98 Å². The molecule has 1 aliphatic rings. The molecule has 4 rings (SSSR count). The van der Waals surface area contributed by atoms with Crippen LogP contribution in [0.25, 0.3) is 16.6 Å². The molecule has 0 saturated heterocycles. The summed E-state index contributed by atoms with van der Waals surface area (Å²) in [4.78, 5) is 20.3. The molecule has 0 aliphatic heterocycles. The van der Waals surface area contributed by atoms with Crippen LogP contribution in [-0.2, 0) is 0 Å². The van der Waals surface area contributed by atoms with Crippen molar-refractivity contribution in [2.45, 2.75) is 69.7 Å². The molecule has 0 radical (unpaired) electrons. The van der Waals surface area contributed by atoms with Crippen LogP contribution in [0.15, 0.2) is 43.1 Å². The number of benzene rings is 1. The van der Waals surface area contributed by atoms with Crippen LogP contribution in [0.5, 0.6) is 0 Å². The Hall–Kier alpha value is -2.81. The van der Waals surface area contributed by atoms with E-state index >= 15 is 0 Å². The number of imidazole rings is 1. The van der Waals surface area contributed by atoms with Crippen LogP contribution in [0, 0.1) is 5.92 Å². The van der Waals surface area contributed by atoms with Crippen molar-refractivity contribution in [3.8, 4) is 5.69 Å². The summed E-state index contributed by atoms with van der Waals surface area (Å²) in [7, 11) is 0. The maximum Gasteiger partial charge on any atom is 0.417 e. The molecule has 3 N–H and O–H groups in total. The maximum atomic E-state index is 13.1. The Bertz CT molecular complexity index is 1090. The van der Waals surface area contributed by atoms with Gasteiger partial charge in [-0.3, -0.25) is 4.79 Å². The average molecular weight is 463 g/mol. The van der Waals surface area contributed by atoms with Crippen molar-refractivity contribution >= 4 is 16.8 Å². The maximum absolute atomic E-state index is 13.1. The molecule has 0 bridgehead atoms. The van der Waals surface area contributed by atoms with E-state index in [1.54, 1.807) is 18.7 Å². The first-order chi connectivity index (χ1) is 15.7. The highest BCUT2D eigenvalue weighted by Gasteiger charge is 2.51. The number of aliphatic hydroxyl groups is 1. The number of nitrogens with zero attached hydrogens (tertiary/aromatic N) is 2. The van der Waals surface area contributed by atoms with Crippen molar-refractivity contribution in [1.29, 1.82) is 0 Å². The van der Waals surface area contributed by atoms with E-state index in [0.29, 0.717) is 24.8 Å². The van der Waals surface area contributed by atoms with Crippen molar-refractivity contribution in [2.75, 3.05) is 0 Å². The summed E-state index contributed by atoms with van der Waals surface area (Å²) in [6, 6.07) is 5.69. The third-order valence-electron chi connectivity index (χ3n) is 6.95. The fourth-order valence-corrected chi connectivity index (χ4v) is 4.72. The Balaban J connectivity index is 1.37. The summed E-state index contributed by atoms with van der Waals surface area (Å²) in [6.45, 7) is 1.36. The van der Waals surface area contributed by atoms with Gasteiger partial charge in [0.1, 0.15) is 0 Å². The van der Waals surface area contributed by atoms with Crippen LogP contribution in [0.4, 0.5) is 13.2 Å². The lowest BCUT2D eigenvalue weighted by Gasteiger charge is -2.33. The quantitative estimate of drug-likeness (QED) is 0.455. The summed E-state index contributed by atoms with van der Waals surface area (Å²) in [5.41, 5.74) is -0.473. The number of alkyl halides is 3. The molecule has 1 aromatic carbocycles. The van der Waals surface area contributed by atoms with Crippen LogP contribution >= 0.6 is 0 Å². The summed E-state index contributed by atoms with van der Waals surface area (Å²) in [6.07, 6.45) is 4.95. The monoisotopic (exact) mass is 462 g/mol. The number of fused-ring (bicyclic) bond motifs is 1. The normalized spacial score (nSPS) is 21.1. The van der Waals surface area contributed by atoms with Crippen molar-refractivity contribution in [3.05, 3.63) is 48.7 Å². The van der Waals surface area contributed by atoms with Gasteiger partial charge in [0.15, 0.2) is 5.60 Å². The molecule has 3 aromatic rings. The number of carbonyl (C=O) groups is 1. The predicted molar refractivity (Wildman–Crippen MR) is 119 cm³/mol. The molecule has 6 nitrogen and oxygen atoms in total. The minimum absolute atomic E-state index is 0.0247. The van der Waals surface area contributed by atoms with Crippen molar-refractivity contribution in [3.63, 3.8) is 0 Å². The van der Waals surface area contributed by atoms with E-state index < -0.39 is 11.8 Å². The van der Waals surface area contributed by atoms with E-state index in [0.717, 1.165) is 29.4 Å². The summed E-state index contributed by atoms with van der Waals surface area (Å²) in [5, 5.41) is 14.0. The van der Waals surface area contributed by atoms with Crippen LogP contribution in [0.3, 0.4) is 0 Å². The number of H-pyrrole nitrogens is 1. The Kier molecular flexibility index (Phi) is 6.52. The van der Waals surface area contributed by atoms with Crippen LogP contribution in [0.2, 0.25) is 0 Å². The number of nitrogens with one attached hydrogen (secondary N) is 2. The van der Waals surface area contributed by atoms with Gasteiger partial charge >= 0.3 is 6.18 Å². The first kappa shape index (κ1) is 23.4. The largest absolute Gasteiger partial charge is 0.417 e. The lowest BCUT2D eigenvalue weighted by atomic mass is 9.80. The fraction of sp³-hybridized carbons (Fsp3) is 0.500. The van der Waals surface area contributed by atoms with Gasteiger partial charge in [-0.05, 0) is 69.1 Å². The van der Waals surface area contributed by atoms with Crippen LogP contribution in [-0.4, -0.2) is 43.4 Å². The zero-order chi connectivity index (χ0) is 23.6. The Morgan fingerprint density at radius 3 is 2.67 bits per heavy atom. The summed E-state index contributed by atoms with van der Waals surface area (Å²) < 4.78 is 41.2. The molecule has 1 fully saturated rings. The third kappa shape index (κ3) is 4.93. The number of carbonyl (C=O) groups excluding carboxylic acids is 1. The Morgan fingerprint density at radius 1 is 1.27 bits per heavy atom. The van der Waals surface area contributed by atoms with Gasteiger partial charge in [0, 0.05) is 35.7 Å². The number of rotatable bonds is 7. The number of amides is 1. The molecule has 1 amide bonds. The summed E-state index contributed by atoms with van der Waals surface area (Å²) >= 11 is 0. The topological polar surface area (TPSA) is 82.9 Å². The standard InChI is InChI=1S/C24H29F3N4O2/c1-2-23(33,24(25,26)27)9-7-16-3-5-18(6-4-16)30-22(32)20-14-19(31-12-11-28-15-31)13-17-8-10-29-21(17)20/h8,10-16,18,29,33H,2-7,9H2,1H3,(H,30,32). The van der Waals surface area contributed by atoms with E-state index in [9.17, 15) is 23.1 Å².